The van der Waals surface area contributed by atoms with E-state index in [0.29, 0.717) is 12.7 Å². The highest BCUT2D eigenvalue weighted by Gasteiger charge is 2.22. The highest BCUT2D eigenvalue weighted by molar-refractivity contribution is 9.24. The van der Waals surface area contributed by atoms with E-state index in [-0.39, 0.29) is 3.74 Å². The minimum Gasteiger partial charge on any atom is -0.491 e. The molecule has 1 aliphatic rings. The molecule has 0 radical (unpaired) electrons. The molecule has 1 aromatic rings. The van der Waals surface area contributed by atoms with Crippen LogP contribution in [-0.4, -0.2) is 19.3 Å². The third kappa shape index (κ3) is 2.97. The van der Waals surface area contributed by atoms with Crippen LogP contribution in [0.2, 0.25) is 0 Å². The second kappa shape index (κ2) is 4.64. The average Bonchev–Trinajstić information content (AvgIpc) is 2.99. The van der Waals surface area contributed by atoms with Gasteiger partial charge in [0, 0.05) is 0 Å². The van der Waals surface area contributed by atoms with Gasteiger partial charge < -0.3 is 9.47 Å². The highest BCUT2D eigenvalue weighted by Crippen LogP contribution is 2.30. The zero-order valence-corrected chi connectivity index (χ0v) is 10.6. The topological polar surface area (TPSA) is 21.8 Å². The van der Waals surface area contributed by atoms with Gasteiger partial charge in [0.2, 0.25) is 0 Å². The predicted molar refractivity (Wildman–Crippen MR) is 62.3 cm³/mol. The molecule has 1 heterocycles. The summed E-state index contributed by atoms with van der Waals surface area (Å²) in [5, 5.41) is 0. The smallest absolute Gasteiger partial charge is 0.119 e. The van der Waals surface area contributed by atoms with Crippen molar-refractivity contribution >= 4 is 31.9 Å². The van der Waals surface area contributed by atoms with Gasteiger partial charge in [0.15, 0.2) is 0 Å². The van der Waals surface area contributed by atoms with Crippen LogP contribution >= 0.6 is 31.9 Å². The Morgan fingerprint density at radius 2 is 2.00 bits per heavy atom. The standard InChI is InChI=1S/C10H10Br2O2/c11-10(12)7-1-3-8(4-2-7)13-5-9-6-14-9/h1-4,9-10H,5-6H2. The minimum atomic E-state index is 0.204. The molecular formula is C10H10Br2O2. The van der Waals surface area contributed by atoms with Crippen molar-refractivity contribution in [1.29, 1.82) is 0 Å². The van der Waals surface area contributed by atoms with Gasteiger partial charge in [-0.15, -0.1) is 0 Å². The van der Waals surface area contributed by atoms with Crippen LogP contribution in [0.3, 0.4) is 0 Å². The van der Waals surface area contributed by atoms with Crippen LogP contribution in [0.1, 0.15) is 9.30 Å². The molecule has 1 atom stereocenters. The minimum absolute atomic E-state index is 0.204. The molecule has 1 saturated heterocycles. The van der Waals surface area contributed by atoms with Crippen LogP contribution in [0.25, 0.3) is 0 Å². The monoisotopic (exact) mass is 320 g/mol. The zero-order chi connectivity index (χ0) is 9.97. The van der Waals surface area contributed by atoms with Crippen molar-refractivity contribution in [3.05, 3.63) is 29.8 Å². The number of hydrogen-bond acceptors (Lipinski definition) is 2. The highest BCUT2D eigenvalue weighted by atomic mass is 79.9. The Morgan fingerprint density at radius 3 is 2.50 bits per heavy atom. The van der Waals surface area contributed by atoms with E-state index < -0.39 is 0 Å². The van der Waals surface area contributed by atoms with E-state index in [1.165, 1.54) is 5.56 Å². The molecule has 0 amide bonds. The molecule has 0 aliphatic carbocycles. The van der Waals surface area contributed by atoms with Gasteiger partial charge in [-0.3, -0.25) is 0 Å². The molecule has 2 nitrogen and oxygen atoms in total. The molecule has 0 aromatic heterocycles. The van der Waals surface area contributed by atoms with Gasteiger partial charge in [0.25, 0.3) is 0 Å². The number of ether oxygens (including phenoxy) is 2. The van der Waals surface area contributed by atoms with Gasteiger partial charge in [-0.2, -0.15) is 0 Å². The van der Waals surface area contributed by atoms with Crippen molar-refractivity contribution in [3.8, 4) is 5.75 Å². The molecule has 2 rings (SSSR count). The van der Waals surface area contributed by atoms with Gasteiger partial charge in [-0.05, 0) is 17.7 Å². The molecule has 1 unspecified atom stereocenters. The number of alkyl halides is 2. The largest absolute Gasteiger partial charge is 0.491 e. The molecule has 0 bridgehead atoms. The van der Waals surface area contributed by atoms with Crippen molar-refractivity contribution in [3.63, 3.8) is 0 Å². The summed E-state index contributed by atoms with van der Waals surface area (Å²) >= 11 is 6.87. The molecule has 0 saturated carbocycles. The van der Waals surface area contributed by atoms with E-state index in [2.05, 4.69) is 31.9 Å². The fraction of sp³-hybridized carbons (Fsp3) is 0.400. The number of hydrogen-bond donors (Lipinski definition) is 0. The number of halogens is 2. The molecule has 0 spiro atoms. The second-order valence-corrected chi connectivity index (χ2v) is 6.20. The molecule has 14 heavy (non-hydrogen) atoms. The van der Waals surface area contributed by atoms with Crippen LogP contribution in [0.15, 0.2) is 24.3 Å². The van der Waals surface area contributed by atoms with Crippen molar-refractivity contribution in [1.82, 2.24) is 0 Å². The molecule has 1 aliphatic heterocycles. The fourth-order valence-electron chi connectivity index (χ4n) is 1.06. The summed E-state index contributed by atoms with van der Waals surface area (Å²) in [6.07, 6.45) is 0.315. The Bertz CT molecular complexity index is 293. The Balaban J connectivity index is 1.91. The lowest BCUT2D eigenvalue weighted by Gasteiger charge is -2.06. The Morgan fingerprint density at radius 1 is 1.36 bits per heavy atom. The first-order valence-corrected chi connectivity index (χ1v) is 6.21. The zero-order valence-electron chi connectivity index (χ0n) is 7.45. The Labute approximate surface area is 99.8 Å². The summed E-state index contributed by atoms with van der Waals surface area (Å²) in [5.41, 5.74) is 1.18. The molecule has 76 valence electrons. The second-order valence-electron chi connectivity index (χ2n) is 3.14. The van der Waals surface area contributed by atoms with Crippen LogP contribution < -0.4 is 4.74 Å². The first-order chi connectivity index (χ1) is 6.75. The van der Waals surface area contributed by atoms with Gasteiger partial charge in [-0.1, -0.05) is 44.0 Å². The van der Waals surface area contributed by atoms with E-state index in [1.807, 2.05) is 24.3 Å². The maximum Gasteiger partial charge on any atom is 0.119 e. The van der Waals surface area contributed by atoms with Crippen LogP contribution in [0.5, 0.6) is 5.75 Å². The van der Waals surface area contributed by atoms with Gasteiger partial charge in [0.05, 0.1) is 10.3 Å². The van der Waals surface area contributed by atoms with E-state index in [0.717, 1.165) is 12.4 Å². The maximum atomic E-state index is 5.51. The third-order valence-corrected chi connectivity index (χ3v) is 3.03. The summed E-state index contributed by atoms with van der Waals surface area (Å²) in [5.74, 6) is 0.893. The number of epoxide rings is 1. The van der Waals surface area contributed by atoms with Crippen LogP contribution in [0, 0.1) is 0 Å². The molecule has 0 N–H and O–H groups in total. The maximum absolute atomic E-state index is 5.51. The first-order valence-electron chi connectivity index (χ1n) is 4.38. The molecule has 4 heteroatoms. The summed E-state index contributed by atoms with van der Waals surface area (Å²) < 4.78 is 10.8. The third-order valence-electron chi connectivity index (χ3n) is 1.97. The SMILES string of the molecule is BrC(Br)c1ccc(OCC2CO2)cc1. The number of rotatable bonds is 4. The van der Waals surface area contributed by atoms with Gasteiger partial charge in [0.1, 0.15) is 18.5 Å². The quantitative estimate of drug-likeness (QED) is 0.627. The van der Waals surface area contributed by atoms with E-state index in [9.17, 15) is 0 Å². The van der Waals surface area contributed by atoms with Crippen molar-refractivity contribution in [2.24, 2.45) is 0 Å². The van der Waals surface area contributed by atoms with Crippen molar-refractivity contribution in [2.45, 2.75) is 9.84 Å². The van der Waals surface area contributed by atoms with E-state index in [4.69, 9.17) is 9.47 Å². The lowest BCUT2D eigenvalue weighted by Crippen LogP contribution is -2.03. The number of benzene rings is 1. The summed E-state index contributed by atoms with van der Waals surface area (Å²) in [7, 11) is 0. The Hall–Kier alpha value is -0.0600. The lowest BCUT2D eigenvalue weighted by molar-refractivity contribution is 0.263. The van der Waals surface area contributed by atoms with Gasteiger partial charge >= 0.3 is 0 Å². The summed E-state index contributed by atoms with van der Waals surface area (Å²) in [6, 6.07) is 7.98. The van der Waals surface area contributed by atoms with E-state index >= 15 is 0 Å². The molecular weight excluding hydrogens is 312 g/mol. The molecule has 1 fully saturated rings. The predicted octanol–water partition coefficient (Wildman–Crippen LogP) is 3.25. The summed E-state index contributed by atoms with van der Waals surface area (Å²) in [4.78, 5) is 0. The Kier molecular flexibility index (Phi) is 3.47. The van der Waals surface area contributed by atoms with Gasteiger partial charge in [-0.25, -0.2) is 0 Å². The summed E-state index contributed by atoms with van der Waals surface area (Å²) in [6.45, 7) is 1.49. The van der Waals surface area contributed by atoms with Crippen molar-refractivity contribution in [2.75, 3.05) is 13.2 Å². The fourth-order valence-corrected chi connectivity index (χ4v) is 1.67. The first kappa shape index (κ1) is 10.5. The van der Waals surface area contributed by atoms with Crippen molar-refractivity contribution < 1.29 is 9.47 Å². The molecule has 1 aromatic carbocycles. The lowest BCUT2D eigenvalue weighted by atomic mass is 10.2. The van der Waals surface area contributed by atoms with Crippen LogP contribution in [0.4, 0.5) is 0 Å². The van der Waals surface area contributed by atoms with E-state index in [1.54, 1.807) is 0 Å². The van der Waals surface area contributed by atoms with Crippen LogP contribution in [-0.2, 0) is 4.74 Å². The normalized spacial score (nSPS) is 19.8. The average molecular weight is 322 g/mol.